The third kappa shape index (κ3) is 5.15. The van der Waals surface area contributed by atoms with Crippen LogP contribution in [-0.2, 0) is 14.3 Å². The lowest BCUT2D eigenvalue weighted by Gasteiger charge is -2.20. The van der Waals surface area contributed by atoms with Crippen molar-refractivity contribution in [3.8, 4) is 11.8 Å². The average Bonchev–Trinajstić information content (AvgIpc) is 2.53. The molecule has 1 rings (SSSR count). The molecule has 1 amide bonds. The molecule has 112 valence electrons. The van der Waals surface area contributed by atoms with E-state index in [0.29, 0.717) is 17.9 Å². The standard InChI is InChI=1S/C15H18N2O4/c1-3-17(9-8-15(19)20-2)14(18)11-21-13-7-5-4-6-12(13)10-16/h4-7H,3,8-9,11H2,1-2H3. The van der Waals surface area contributed by atoms with Crippen LogP contribution in [0.3, 0.4) is 0 Å². The first kappa shape index (κ1) is 16.5. The van der Waals surface area contributed by atoms with E-state index >= 15 is 0 Å². The van der Waals surface area contributed by atoms with Crippen molar-refractivity contribution in [2.75, 3.05) is 26.8 Å². The monoisotopic (exact) mass is 290 g/mol. The van der Waals surface area contributed by atoms with Crippen LogP contribution in [0.25, 0.3) is 0 Å². The van der Waals surface area contributed by atoms with Crippen molar-refractivity contribution in [3.63, 3.8) is 0 Å². The third-order valence-corrected chi connectivity index (χ3v) is 2.91. The number of amides is 1. The zero-order chi connectivity index (χ0) is 15.7. The second-order valence-electron chi connectivity index (χ2n) is 4.20. The van der Waals surface area contributed by atoms with Crippen molar-refractivity contribution in [2.24, 2.45) is 0 Å². The number of likely N-dealkylation sites (N-methyl/N-ethyl adjacent to an activating group) is 1. The fourth-order valence-electron chi connectivity index (χ4n) is 1.70. The molecule has 0 bridgehead atoms. The Kier molecular flexibility index (Phi) is 6.75. The number of methoxy groups -OCH3 is 1. The van der Waals surface area contributed by atoms with Crippen LogP contribution in [0.1, 0.15) is 18.9 Å². The molecule has 21 heavy (non-hydrogen) atoms. The topological polar surface area (TPSA) is 79.6 Å². The van der Waals surface area contributed by atoms with Crippen molar-refractivity contribution in [1.82, 2.24) is 4.90 Å². The Bertz CT molecular complexity index is 537. The van der Waals surface area contributed by atoms with Crippen molar-refractivity contribution >= 4 is 11.9 Å². The van der Waals surface area contributed by atoms with Crippen molar-refractivity contribution in [1.29, 1.82) is 5.26 Å². The third-order valence-electron chi connectivity index (χ3n) is 2.91. The van der Waals surface area contributed by atoms with E-state index in [1.807, 2.05) is 13.0 Å². The quantitative estimate of drug-likeness (QED) is 0.708. The summed E-state index contributed by atoms with van der Waals surface area (Å²) in [5.41, 5.74) is 0.378. The molecule has 0 aromatic heterocycles. The molecule has 0 aliphatic rings. The number of hydrogen-bond acceptors (Lipinski definition) is 5. The molecule has 0 saturated carbocycles. The molecule has 6 nitrogen and oxygen atoms in total. The van der Waals surface area contributed by atoms with Crippen LogP contribution in [0.15, 0.2) is 24.3 Å². The number of carbonyl (C=O) groups is 2. The van der Waals surface area contributed by atoms with Gasteiger partial charge in [-0.3, -0.25) is 9.59 Å². The van der Waals surface area contributed by atoms with Gasteiger partial charge in [-0.25, -0.2) is 0 Å². The number of ether oxygens (including phenoxy) is 2. The minimum atomic E-state index is -0.364. The highest BCUT2D eigenvalue weighted by Crippen LogP contribution is 2.16. The Morgan fingerprint density at radius 3 is 2.67 bits per heavy atom. The maximum absolute atomic E-state index is 12.0. The minimum absolute atomic E-state index is 0.144. The van der Waals surface area contributed by atoms with E-state index in [9.17, 15) is 9.59 Å². The number of nitriles is 1. The largest absolute Gasteiger partial charge is 0.482 e. The second kappa shape index (κ2) is 8.59. The SMILES string of the molecule is CCN(CCC(=O)OC)C(=O)COc1ccccc1C#N. The molecule has 1 aromatic carbocycles. The van der Waals surface area contributed by atoms with Crippen molar-refractivity contribution in [3.05, 3.63) is 29.8 Å². The molecule has 1 aromatic rings. The first-order chi connectivity index (χ1) is 10.1. The summed E-state index contributed by atoms with van der Waals surface area (Å²) in [7, 11) is 1.31. The summed E-state index contributed by atoms with van der Waals surface area (Å²) >= 11 is 0. The highest BCUT2D eigenvalue weighted by molar-refractivity contribution is 5.78. The van der Waals surface area contributed by atoms with Crippen LogP contribution < -0.4 is 4.74 Å². The van der Waals surface area contributed by atoms with Gasteiger partial charge >= 0.3 is 5.97 Å². The number of nitrogens with zero attached hydrogens (tertiary/aromatic N) is 2. The maximum Gasteiger partial charge on any atom is 0.307 e. The second-order valence-corrected chi connectivity index (χ2v) is 4.20. The van der Waals surface area contributed by atoms with Crippen LogP contribution in [0.5, 0.6) is 5.75 Å². The first-order valence-electron chi connectivity index (χ1n) is 6.58. The van der Waals surface area contributed by atoms with E-state index in [1.54, 1.807) is 24.3 Å². The van der Waals surface area contributed by atoms with Crippen LogP contribution in [0, 0.1) is 11.3 Å². The zero-order valence-electron chi connectivity index (χ0n) is 12.2. The Morgan fingerprint density at radius 2 is 2.05 bits per heavy atom. The lowest BCUT2D eigenvalue weighted by atomic mass is 10.2. The molecule has 0 unspecified atom stereocenters. The average molecular weight is 290 g/mol. The van der Waals surface area contributed by atoms with Gasteiger partial charge in [-0.05, 0) is 19.1 Å². The summed E-state index contributed by atoms with van der Waals surface area (Å²) in [5.74, 6) is -0.233. The predicted octanol–water partition coefficient (Wildman–Crippen LogP) is 1.35. The number of rotatable bonds is 7. The normalized spacial score (nSPS) is 9.57. The number of para-hydroxylation sites is 1. The van der Waals surface area contributed by atoms with Crippen molar-refractivity contribution in [2.45, 2.75) is 13.3 Å². The summed E-state index contributed by atoms with van der Waals surface area (Å²) in [6.07, 6.45) is 0.144. The molecule has 0 aliphatic carbocycles. The fourth-order valence-corrected chi connectivity index (χ4v) is 1.70. The van der Waals surface area contributed by atoms with Gasteiger partial charge in [0.1, 0.15) is 11.8 Å². The lowest BCUT2D eigenvalue weighted by Crippen LogP contribution is -2.36. The Hall–Kier alpha value is -2.55. The molecular formula is C15H18N2O4. The minimum Gasteiger partial charge on any atom is -0.482 e. The Balaban J connectivity index is 2.55. The van der Waals surface area contributed by atoms with Gasteiger partial charge in [-0.15, -0.1) is 0 Å². The van der Waals surface area contributed by atoms with Gasteiger partial charge in [-0.1, -0.05) is 12.1 Å². The van der Waals surface area contributed by atoms with Crippen LogP contribution >= 0.6 is 0 Å². The first-order valence-corrected chi connectivity index (χ1v) is 6.58. The highest BCUT2D eigenvalue weighted by atomic mass is 16.5. The van der Waals surface area contributed by atoms with E-state index in [4.69, 9.17) is 10.00 Å². The molecule has 0 atom stereocenters. The molecule has 0 radical (unpaired) electrons. The molecular weight excluding hydrogens is 272 g/mol. The summed E-state index contributed by atoms with van der Waals surface area (Å²) in [6, 6.07) is 8.71. The van der Waals surface area contributed by atoms with Gasteiger partial charge in [0.2, 0.25) is 0 Å². The summed E-state index contributed by atoms with van der Waals surface area (Å²) in [4.78, 5) is 24.6. The van der Waals surface area contributed by atoms with Crippen molar-refractivity contribution < 1.29 is 19.1 Å². The number of hydrogen-bond donors (Lipinski definition) is 0. The number of carbonyl (C=O) groups excluding carboxylic acids is 2. The summed E-state index contributed by atoms with van der Waals surface area (Å²) < 4.78 is 9.92. The van der Waals surface area contributed by atoms with Gasteiger partial charge in [-0.2, -0.15) is 5.26 Å². The van der Waals surface area contributed by atoms with Gasteiger partial charge in [0.15, 0.2) is 6.61 Å². The molecule has 0 fully saturated rings. The van der Waals surface area contributed by atoms with Crippen LogP contribution in [-0.4, -0.2) is 43.6 Å². The van der Waals surface area contributed by atoms with Gasteiger partial charge < -0.3 is 14.4 Å². The van der Waals surface area contributed by atoms with Crippen LogP contribution in [0.2, 0.25) is 0 Å². The van der Waals surface area contributed by atoms with E-state index in [-0.39, 0.29) is 31.4 Å². The smallest absolute Gasteiger partial charge is 0.307 e. The molecule has 0 aliphatic heterocycles. The number of esters is 1. The Labute approximate surface area is 123 Å². The Morgan fingerprint density at radius 1 is 1.33 bits per heavy atom. The van der Waals surface area contributed by atoms with Crippen LogP contribution in [0.4, 0.5) is 0 Å². The maximum atomic E-state index is 12.0. The van der Waals surface area contributed by atoms with E-state index in [0.717, 1.165) is 0 Å². The van der Waals surface area contributed by atoms with Gasteiger partial charge in [0, 0.05) is 13.1 Å². The summed E-state index contributed by atoms with van der Waals surface area (Å²) in [6.45, 7) is 2.40. The fraction of sp³-hybridized carbons (Fsp3) is 0.400. The van der Waals surface area contributed by atoms with E-state index < -0.39 is 0 Å². The van der Waals surface area contributed by atoms with E-state index in [1.165, 1.54) is 12.0 Å². The lowest BCUT2D eigenvalue weighted by molar-refractivity contribution is -0.142. The van der Waals surface area contributed by atoms with Gasteiger partial charge in [0.25, 0.3) is 5.91 Å². The zero-order valence-corrected chi connectivity index (χ0v) is 12.2. The molecule has 6 heteroatoms. The summed E-state index contributed by atoms with van der Waals surface area (Å²) in [5, 5.41) is 8.93. The molecule has 0 saturated heterocycles. The molecule has 0 N–H and O–H groups in total. The highest BCUT2D eigenvalue weighted by Gasteiger charge is 2.15. The predicted molar refractivity (Wildman–Crippen MR) is 75.5 cm³/mol. The molecule has 0 spiro atoms. The molecule has 0 heterocycles. The van der Waals surface area contributed by atoms with Gasteiger partial charge in [0.05, 0.1) is 19.1 Å². The van der Waals surface area contributed by atoms with E-state index in [2.05, 4.69) is 4.74 Å². The number of benzene rings is 1.